The fraction of sp³-hybridized carbons (Fsp3) is 0.688. The number of hydrogen-bond donors (Lipinski definition) is 1. The molecule has 0 spiro atoms. The number of aryl methyl sites for hydroxylation is 1. The van der Waals surface area contributed by atoms with Crippen molar-refractivity contribution in [2.24, 2.45) is 5.92 Å². The maximum Gasteiger partial charge on any atom is 0.0313 e. The topological polar surface area (TPSA) is 28.2 Å². The van der Waals surface area contributed by atoms with Crippen molar-refractivity contribution in [2.45, 2.75) is 52.7 Å². The van der Waals surface area contributed by atoms with E-state index in [0.717, 1.165) is 19.6 Å². The third-order valence-electron chi connectivity index (χ3n) is 3.94. The fourth-order valence-corrected chi connectivity index (χ4v) is 2.96. The zero-order valence-electron chi connectivity index (χ0n) is 12.9. The van der Waals surface area contributed by atoms with Gasteiger partial charge in [-0.05, 0) is 37.8 Å². The van der Waals surface area contributed by atoms with Crippen LogP contribution in [-0.2, 0) is 6.54 Å². The molecule has 0 saturated carbocycles. The second-order valence-corrected chi connectivity index (χ2v) is 6.85. The average molecular weight is 261 g/mol. The van der Waals surface area contributed by atoms with Gasteiger partial charge in [0.15, 0.2) is 0 Å². The smallest absolute Gasteiger partial charge is 0.0313 e. The van der Waals surface area contributed by atoms with E-state index >= 15 is 0 Å². The lowest BCUT2D eigenvalue weighted by Gasteiger charge is -2.46. The van der Waals surface area contributed by atoms with Crippen LogP contribution >= 0.6 is 0 Å². The van der Waals surface area contributed by atoms with Crippen molar-refractivity contribution in [3.63, 3.8) is 0 Å². The molecule has 3 heteroatoms. The van der Waals surface area contributed by atoms with Gasteiger partial charge in [0.1, 0.15) is 0 Å². The molecule has 1 aliphatic heterocycles. The van der Waals surface area contributed by atoms with Crippen LogP contribution in [0.1, 0.15) is 38.8 Å². The van der Waals surface area contributed by atoms with Gasteiger partial charge in [-0.2, -0.15) is 0 Å². The van der Waals surface area contributed by atoms with Crippen LogP contribution in [-0.4, -0.2) is 34.6 Å². The van der Waals surface area contributed by atoms with Gasteiger partial charge in [0.2, 0.25) is 0 Å². The summed E-state index contributed by atoms with van der Waals surface area (Å²) in [7, 11) is 0. The first-order valence-corrected chi connectivity index (χ1v) is 7.27. The van der Waals surface area contributed by atoms with Crippen LogP contribution in [0.15, 0.2) is 18.5 Å². The van der Waals surface area contributed by atoms with Crippen molar-refractivity contribution < 1.29 is 0 Å². The average Bonchev–Trinajstić information content (AvgIpc) is 2.27. The molecule has 1 aromatic heterocycles. The van der Waals surface area contributed by atoms with Crippen molar-refractivity contribution in [2.75, 3.05) is 13.1 Å². The van der Waals surface area contributed by atoms with Crippen LogP contribution in [0.25, 0.3) is 0 Å². The summed E-state index contributed by atoms with van der Waals surface area (Å²) in [6.45, 7) is 14.5. The zero-order chi connectivity index (χ0) is 14.0. The minimum absolute atomic E-state index is 0.197. The van der Waals surface area contributed by atoms with Crippen molar-refractivity contribution in [3.05, 3.63) is 29.6 Å². The van der Waals surface area contributed by atoms with Crippen LogP contribution in [0, 0.1) is 12.8 Å². The van der Waals surface area contributed by atoms with Crippen molar-refractivity contribution in [1.82, 2.24) is 15.2 Å². The van der Waals surface area contributed by atoms with E-state index in [1.54, 1.807) is 0 Å². The van der Waals surface area contributed by atoms with Gasteiger partial charge in [0, 0.05) is 43.6 Å². The van der Waals surface area contributed by atoms with Crippen LogP contribution < -0.4 is 5.32 Å². The van der Waals surface area contributed by atoms with Crippen LogP contribution in [0.5, 0.6) is 0 Å². The predicted molar refractivity (Wildman–Crippen MR) is 80.1 cm³/mol. The van der Waals surface area contributed by atoms with Gasteiger partial charge in [-0.3, -0.25) is 9.88 Å². The minimum Gasteiger partial charge on any atom is -0.309 e. The van der Waals surface area contributed by atoms with Crippen molar-refractivity contribution in [3.8, 4) is 0 Å². The largest absolute Gasteiger partial charge is 0.309 e. The van der Waals surface area contributed by atoms with E-state index in [-0.39, 0.29) is 5.54 Å². The van der Waals surface area contributed by atoms with E-state index in [2.05, 4.69) is 55.9 Å². The molecule has 3 nitrogen and oxygen atoms in total. The Labute approximate surface area is 117 Å². The summed E-state index contributed by atoms with van der Waals surface area (Å²) in [6, 6.07) is 2.85. The molecular weight excluding hydrogens is 234 g/mol. The number of piperazine rings is 1. The van der Waals surface area contributed by atoms with E-state index in [1.807, 2.05) is 12.4 Å². The highest BCUT2D eigenvalue weighted by Gasteiger charge is 2.33. The van der Waals surface area contributed by atoms with Gasteiger partial charge in [-0.1, -0.05) is 19.9 Å². The first kappa shape index (κ1) is 14.5. The maximum atomic E-state index is 4.31. The quantitative estimate of drug-likeness (QED) is 0.906. The first-order valence-electron chi connectivity index (χ1n) is 7.27. The molecule has 0 aliphatic carbocycles. The third-order valence-corrected chi connectivity index (χ3v) is 3.94. The monoisotopic (exact) mass is 261 g/mol. The number of pyridine rings is 1. The number of nitrogens with one attached hydrogen (secondary N) is 1. The molecule has 0 aromatic carbocycles. The normalized spacial score (nSPS) is 23.8. The second kappa shape index (κ2) is 5.59. The van der Waals surface area contributed by atoms with Crippen LogP contribution in [0.2, 0.25) is 0 Å². The molecule has 0 bridgehead atoms. The van der Waals surface area contributed by atoms with Crippen molar-refractivity contribution >= 4 is 0 Å². The van der Waals surface area contributed by atoms with Gasteiger partial charge in [-0.15, -0.1) is 0 Å². The minimum atomic E-state index is 0.197. The molecule has 0 radical (unpaired) electrons. The number of hydrogen-bond acceptors (Lipinski definition) is 3. The summed E-state index contributed by atoms with van der Waals surface area (Å²) in [4.78, 5) is 6.92. The Morgan fingerprint density at radius 3 is 2.79 bits per heavy atom. The lowest BCUT2D eigenvalue weighted by molar-refractivity contribution is 0.0626. The summed E-state index contributed by atoms with van der Waals surface area (Å²) < 4.78 is 0. The second-order valence-electron chi connectivity index (χ2n) is 6.85. The van der Waals surface area contributed by atoms with Crippen LogP contribution in [0.4, 0.5) is 0 Å². The van der Waals surface area contributed by atoms with E-state index in [0.29, 0.717) is 12.0 Å². The Balaban J connectivity index is 2.13. The zero-order valence-corrected chi connectivity index (χ0v) is 12.9. The van der Waals surface area contributed by atoms with E-state index < -0.39 is 0 Å². The Hall–Kier alpha value is -0.930. The Morgan fingerprint density at radius 1 is 1.42 bits per heavy atom. The van der Waals surface area contributed by atoms with E-state index in [4.69, 9.17) is 0 Å². The molecule has 1 aliphatic rings. The van der Waals surface area contributed by atoms with Gasteiger partial charge in [0.25, 0.3) is 0 Å². The lowest BCUT2D eigenvalue weighted by Crippen LogP contribution is -2.62. The Bertz CT molecular complexity index is 426. The van der Waals surface area contributed by atoms with Gasteiger partial charge >= 0.3 is 0 Å². The number of aromatic nitrogens is 1. The highest BCUT2D eigenvalue weighted by Crippen LogP contribution is 2.22. The predicted octanol–water partition coefficient (Wildman–Crippen LogP) is 2.60. The third kappa shape index (κ3) is 3.77. The summed E-state index contributed by atoms with van der Waals surface area (Å²) in [6.07, 6.45) is 3.92. The number of nitrogens with zero attached hydrogens (tertiary/aromatic N) is 2. The number of rotatable bonds is 3. The summed E-state index contributed by atoms with van der Waals surface area (Å²) >= 11 is 0. The highest BCUT2D eigenvalue weighted by atomic mass is 15.2. The standard InChI is InChI=1S/C16H27N3/c1-12(2)15-9-18-16(4,5)11-19(15)10-14-6-13(3)7-17-8-14/h6-8,12,15,18H,9-11H2,1-5H3. The van der Waals surface area contributed by atoms with E-state index in [9.17, 15) is 0 Å². The Morgan fingerprint density at radius 2 is 2.16 bits per heavy atom. The SMILES string of the molecule is Cc1cncc(CN2CC(C)(C)NCC2C(C)C)c1. The molecule has 0 amide bonds. The molecule has 1 fully saturated rings. The summed E-state index contributed by atoms with van der Waals surface area (Å²) in [5.41, 5.74) is 2.76. The molecular formula is C16H27N3. The lowest BCUT2D eigenvalue weighted by atomic mass is 9.92. The molecule has 2 rings (SSSR count). The summed E-state index contributed by atoms with van der Waals surface area (Å²) in [5, 5.41) is 3.66. The van der Waals surface area contributed by atoms with Gasteiger partial charge in [-0.25, -0.2) is 0 Å². The fourth-order valence-electron chi connectivity index (χ4n) is 2.96. The molecule has 1 aromatic rings. The molecule has 1 N–H and O–H groups in total. The summed E-state index contributed by atoms with van der Waals surface area (Å²) in [5.74, 6) is 0.668. The van der Waals surface area contributed by atoms with Crippen molar-refractivity contribution in [1.29, 1.82) is 0 Å². The van der Waals surface area contributed by atoms with Gasteiger partial charge in [0.05, 0.1) is 0 Å². The van der Waals surface area contributed by atoms with Gasteiger partial charge < -0.3 is 5.32 Å². The molecule has 1 atom stereocenters. The first-order chi connectivity index (χ1) is 8.87. The molecule has 2 heterocycles. The highest BCUT2D eigenvalue weighted by molar-refractivity contribution is 5.17. The van der Waals surface area contributed by atoms with Crippen LogP contribution in [0.3, 0.4) is 0 Å². The molecule has 1 saturated heterocycles. The molecule has 19 heavy (non-hydrogen) atoms. The maximum absolute atomic E-state index is 4.31. The molecule has 106 valence electrons. The molecule has 1 unspecified atom stereocenters. The Kier molecular flexibility index (Phi) is 4.26. The van der Waals surface area contributed by atoms with E-state index in [1.165, 1.54) is 11.1 Å².